The maximum Gasteiger partial charge on any atom is 0.224 e. The molecule has 0 bridgehead atoms. The summed E-state index contributed by atoms with van der Waals surface area (Å²) in [6, 6.07) is 8.00. The van der Waals surface area contributed by atoms with Gasteiger partial charge in [0.15, 0.2) is 0 Å². The molecule has 1 aliphatic heterocycles. The molecule has 1 aromatic carbocycles. The SMILES string of the molecule is CC(C)=CC1C(C(=O)NCc2cccc(OCCN3CCOCC3)c2)C1(C)C. The normalized spacial score (nSPS) is 23.7. The Kier molecular flexibility index (Phi) is 6.78. The molecule has 5 nitrogen and oxygen atoms in total. The van der Waals surface area contributed by atoms with Crippen LogP contribution in [-0.2, 0) is 16.1 Å². The molecular formula is C23H34N2O3. The number of hydrogen-bond acceptors (Lipinski definition) is 4. The zero-order valence-corrected chi connectivity index (χ0v) is 17.7. The lowest BCUT2D eigenvalue weighted by atomic mass is 10.1. The quantitative estimate of drug-likeness (QED) is 0.697. The standard InChI is InChI=1S/C23H34N2O3/c1-17(2)14-20-21(23(20,3)4)22(26)24-16-18-6-5-7-19(15-18)28-13-10-25-8-11-27-12-9-25/h5-7,14-15,20-21H,8-13,16H2,1-4H3,(H,24,26). The van der Waals surface area contributed by atoms with Crippen molar-refractivity contribution in [2.24, 2.45) is 17.3 Å². The molecule has 1 aliphatic carbocycles. The zero-order chi connectivity index (χ0) is 20.1. The number of carbonyl (C=O) groups excluding carboxylic acids is 1. The molecule has 0 radical (unpaired) electrons. The van der Waals surface area contributed by atoms with Crippen LogP contribution in [0.1, 0.15) is 33.3 Å². The minimum absolute atomic E-state index is 0.0474. The van der Waals surface area contributed by atoms with Crippen LogP contribution in [0.4, 0.5) is 0 Å². The third-order valence-corrected chi connectivity index (χ3v) is 5.85. The number of carbonyl (C=O) groups is 1. The van der Waals surface area contributed by atoms with Gasteiger partial charge in [0.25, 0.3) is 0 Å². The summed E-state index contributed by atoms with van der Waals surface area (Å²) in [5, 5.41) is 3.11. The number of ether oxygens (including phenoxy) is 2. The molecule has 0 spiro atoms. The fraction of sp³-hybridized carbons (Fsp3) is 0.609. The average Bonchev–Trinajstić information content (AvgIpc) is 3.20. The van der Waals surface area contributed by atoms with Crippen LogP contribution < -0.4 is 10.1 Å². The maximum atomic E-state index is 12.6. The summed E-state index contributed by atoms with van der Waals surface area (Å²) in [6.45, 7) is 14.2. The fourth-order valence-corrected chi connectivity index (χ4v) is 4.01. The van der Waals surface area contributed by atoms with Gasteiger partial charge in [-0.2, -0.15) is 0 Å². The number of benzene rings is 1. The topological polar surface area (TPSA) is 50.8 Å². The Hall–Kier alpha value is -1.85. The van der Waals surface area contributed by atoms with E-state index in [9.17, 15) is 4.79 Å². The Bertz CT molecular complexity index is 704. The maximum absolute atomic E-state index is 12.6. The molecule has 1 saturated carbocycles. The summed E-state index contributed by atoms with van der Waals surface area (Å²) in [5.41, 5.74) is 2.39. The van der Waals surface area contributed by atoms with Crippen LogP contribution in [0.5, 0.6) is 5.75 Å². The summed E-state index contributed by atoms with van der Waals surface area (Å²) in [4.78, 5) is 15.0. The van der Waals surface area contributed by atoms with Crippen molar-refractivity contribution in [3.8, 4) is 5.75 Å². The van der Waals surface area contributed by atoms with E-state index in [1.54, 1.807) is 0 Å². The summed E-state index contributed by atoms with van der Waals surface area (Å²) in [7, 11) is 0. The Labute approximate surface area is 169 Å². The first-order chi connectivity index (χ1) is 13.4. The first kappa shape index (κ1) is 20.9. The van der Waals surface area contributed by atoms with E-state index in [-0.39, 0.29) is 17.2 Å². The van der Waals surface area contributed by atoms with Gasteiger partial charge in [-0.1, -0.05) is 37.6 Å². The van der Waals surface area contributed by atoms with Crippen molar-refractivity contribution in [3.05, 3.63) is 41.5 Å². The lowest BCUT2D eigenvalue weighted by Gasteiger charge is -2.26. The van der Waals surface area contributed by atoms with Crippen LogP contribution in [0.3, 0.4) is 0 Å². The fourth-order valence-electron chi connectivity index (χ4n) is 4.01. The van der Waals surface area contributed by atoms with Crippen molar-refractivity contribution in [1.82, 2.24) is 10.2 Å². The summed E-state index contributed by atoms with van der Waals surface area (Å²) < 4.78 is 11.3. The molecule has 28 heavy (non-hydrogen) atoms. The van der Waals surface area contributed by atoms with Gasteiger partial charge in [0.05, 0.1) is 19.1 Å². The number of amides is 1. The first-order valence-electron chi connectivity index (χ1n) is 10.3. The molecule has 2 unspecified atom stereocenters. The average molecular weight is 387 g/mol. The lowest BCUT2D eigenvalue weighted by molar-refractivity contribution is -0.123. The Balaban J connectivity index is 1.45. The second kappa shape index (κ2) is 9.10. The van der Waals surface area contributed by atoms with Gasteiger partial charge in [-0.05, 0) is 42.9 Å². The smallest absolute Gasteiger partial charge is 0.224 e. The minimum atomic E-state index is 0.0474. The predicted octanol–water partition coefficient (Wildman–Crippen LogP) is 3.25. The molecule has 1 aromatic rings. The van der Waals surface area contributed by atoms with Crippen LogP contribution >= 0.6 is 0 Å². The van der Waals surface area contributed by atoms with E-state index in [0.717, 1.165) is 44.2 Å². The van der Waals surface area contributed by atoms with E-state index < -0.39 is 0 Å². The summed E-state index contributed by atoms with van der Waals surface area (Å²) in [5.74, 6) is 1.41. The highest BCUT2D eigenvalue weighted by Gasteiger charge is 2.60. The molecule has 0 aromatic heterocycles. The number of rotatable bonds is 8. The van der Waals surface area contributed by atoms with Gasteiger partial charge in [0.2, 0.25) is 5.91 Å². The van der Waals surface area contributed by atoms with Gasteiger partial charge in [-0.15, -0.1) is 0 Å². The zero-order valence-electron chi connectivity index (χ0n) is 17.7. The van der Waals surface area contributed by atoms with Crippen LogP contribution in [0, 0.1) is 17.3 Å². The molecule has 1 amide bonds. The number of nitrogens with one attached hydrogen (secondary N) is 1. The third kappa shape index (κ3) is 5.36. The highest BCUT2D eigenvalue weighted by Crippen LogP contribution is 2.59. The van der Waals surface area contributed by atoms with Crippen molar-refractivity contribution in [2.75, 3.05) is 39.5 Å². The predicted molar refractivity (Wildman–Crippen MR) is 111 cm³/mol. The molecule has 2 fully saturated rings. The lowest BCUT2D eigenvalue weighted by Crippen LogP contribution is -2.38. The number of morpholine rings is 1. The molecule has 3 rings (SSSR count). The van der Waals surface area contributed by atoms with E-state index in [2.05, 4.69) is 44.0 Å². The van der Waals surface area contributed by atoms with Crippen LogP contribution in [0.25, 0.3) is 0 Å². The van der Waals surface area contributed by atoms with E-state index >= 15 is 0 Å². The third-order valence-electron chi connectivity index (χ3n) is 5.85. The van der Waals surface area contributed by atoms with Gasteiger partial charge in [0, 0.05) is 26.2 Å². The Morgan fingerprint density at radius 3 is 2.79 bits per heavy atom. The number of nitrogens with zero attached hydrogens (tertiary/aromatic N) is 1. The van der Waals surface area contributed by atoms with Crippen molar-refractivity contribution in [2.45, 2.75) is 34.2 Å². The van der Waals surface area contributed by atoms with Gasteiger partial charge in [-0.3, -0.25) is 9.69 Å². The molecule has 1 heterocycles. The van der Waals surface area contributed by atoms with Gasteiger partial charge >= 0.3 is 0 Å². The molecular weight excluding hydrogens is 352 g/mol. The first-order valence-corrected chi connectivity index (χ1v) is 10.3. The van der Waals surface area contributed by atoms with Crippen molar-refractivity contribution >= 4 is 5.91 Å². The van der Waals surface area contributed by atoms with Gasteiger partial charge in [-0.25, -0.2) is 0 Å². The summed E-state index contributed by atoms with van der Waals surface area (Å²) in [6.07, 6.45) is 2.23. The van der Waals surface area contributed by atoms with Crippen LogP contribution in [-0.4, -0.2) is 50.3 Å². The second-order valence-corrected chi connectivity index (χ2v) is 8.74. The van der Waals surface area contributed by atoms with E-state index in [1.807, 2.05) is 24.3 Å². The Morgan fingerprint density at radius 1 is 1.32 bits per heavy atom. The molecule has 5 heteroatoms. The molecule has 154 valence electrons. The van der Waals surface area contributed by atoms with Gasteiger partial charge in [0.1, 0.15) is 12.4 Å². The van der Waals surface area contributed by atoms with E-state index in [1.165, 1.54) is 5.57 Å². The molecule has 2 atom stereocenters. The summed E-state index contributed by atoms with van der Waals surface area (Å²) >= 11 is 0. The minimum Gasteiger partial charge on any atom is -0.492 e. The highest BCUT2D eigenvalue weighted by atomic mass is 16.5. The van der Waals surface area contributed by atoms with Crippen molar-refractivity contribution in [3.63, 3.8) is 0 Å². The number of hydrogen-bond donors (Lipinski definition) is 1. The largest absolute Gasteiger partial charge is 0.492 e. The van der Waals surface area contributed by atoms with E-state index in [4.69, 9.17) is 9.47 Å². The molecule has 2 aliphatic rings. The van der Waals surface area contributed by atoms with E-state index in [0.29, 0.717) is 19.1 Å². The number of allylic oxidation sites excluding steroid dienone is 2. The van der Waals surface area contributed by atoms with Crippen molar-refractivity contribution < 1.29 is 14.3 Å². The molecule has 1 N–H and O–H groups in total. The van der Waals surface area contributed by atoms with Gasteiger partial charge < -0.3 is 14.8 Å². The van der Waals surface area contributed by atoms with Crippen LogP contribution in [0.15, 0.2) is 35.9 Å². The van der Waals surface area contributed by atoms with Crippen LogP contribution in [0.2, 0.25) is 0 Å². The molecule has 1 saturated heterocycles. The van der Waals surface area contributed by atoms with Crippen molar-refractivity contribution in [1.29, 1.82) is 0 Å². The Morgan fingerprint density at radius 2 is 2.07 bits per heavy atom. The second-order valence-electron chi connectivity index (χ2n) is 8.74. The monoisotopic (exact) mass is 386 g/mol. The highest BCUT2D eigenvalue weighted by molar-refractivity contribution is 5.83.